The van der Waals surface area contributed by atoms with Gasteiger partial charge in [-0.05, 0) is 46.9 Å². The number of amides is 1. The lowest BCUT2D eigenvalue weighted by atomic mass is 10.3. The molecule has 70 valence electrons. The molecular formula is C8H6F2INO. The molecule has 1 amide bonds. The van der Waals surface area contributed by atoms with E-state index in [2.05, 4.69) is 27.9 Å². The van der Waals surface area contributed by atoms with Gasteiger partial charge < -0.3 is 5.32 Å². The molecule has 1 aromatic carbocycles. The monoisotopic (exact) mass is 297 g/mol. The number of carbonyl (C=O) groups excluding carboxylic acids is 1. The van der Waals surface area contributed by atoms with Gasteiger partial charge in [-0.25, -0.2) is 0 Å². The Bertz CT molecular complexity index is 300. The summed E-state index contributed by atoms with van der Waals surface area (Å²) in [5.41, 5.74) is 0.380. The fourth-order valence-electron chi connectivity index (χ4n) is 0.730. The molecule has 5 heteroatoms. The highest BCUT2D eigenvalue weighted by molar-refractivity contribution is 14.1. The van der Waals surface area contributed by atoms with Crippen LogP contribution < -0.4 is 5.32 Å². The minimum Gasteiger partial charge on any atom is -0.321 e. The fraction of sp³-hybridized carbons (Fsp3) is 0.125. The predicted molar refractivity (Wildman–Crippen MR) is 53.8 cm³/mol. The third-order valence-electron chi connectivity index (χ3n) is 1.31. The minimum atomic E-state index is -2.97. The van der Waals surface area contributed by atoms with Crippen molar-refractivity contribution in [1.29, 1.82) is 0 Å². The maximum absolute atomic E-state index is 11.8. The smallest absolute Gasteiger partial charge is 0.315 e. The molecule has 0 saturated carbocycles. The van der Waals surface area contributed by atoms with E-state index in [4.69, 9.17) is 0 Å². The summed E-state index contributed by atoms with van der Waals surface area (Å²) in [4.78, 5) is 10.5. The summed E-state index contributed by atoms with van der Waals surface area (Å²) < 4.78 is 24.5. The molecule has 0 radical (unpaired) electrons. The van der Waals surface area contributed by atoms with Gasteiger partial charge >= 0.3 is 6.43 Å². The third kappa shape index (κ3) is 3.25. The van der Waals surface area contributed by atoms with E-state index in [0.29, 0.717) is 5.69 Å². The minimum absolute atomic E-state index is 0.380. The number of nitrogens with one attached hydrogen (secondary N) is 1. The van der Waals surface area contributed by atoms with Gasteiger partial charge in [0.1, 0.15) is 0 Å². The predicted octanol–water partition coefficient (Wildman–Crippen LogP) is 2.49. The van der Waals surface area contributed by atoms with E-state index in [9.17, 15) is 13.6 Å². The van der Waals surface area contributed by atoms with Gasteiger partial charge in [0.05, 0.1) is 0 Å². The maximum atomic E-state index is 11.8. The first-order valence-corrected chi connectivity index (χ1v) is 4.52. The fourth-order valence-corrected chi connectivity index (χ4v) is 1.09. The van der Waals surface area contributed by atoms with Crippen molar-refractivity contribution in [2.45, 2.75) is 6.43 Å². The van der Waals surface area contributed by atoms with Crippen LogP contribution in [0.1, 0.15) is 0 Å². The lowest BCUT2D eigenvalue weighted by Gasteiger charge is -2.03. The largest absolute Gasteiger partial charge is 0.321 e. The zero-order chi connectivity index (χ0) is 9.84. The Hall–Kier alpha value is -0.720. The van der Waals surface area contributed by atoms with Crippen LogP contribution in [0.25, 0.3) is 0 Å². The van der Waals surface area contributed by atoms with Gasteiger partial charge in [-0.1, -0.05) is 0 Å². The lowest BCUT2D eigenvalue weighted by molar-refractivity contribution is -0.126. The second-order valence-electron chi connectivity index (χ2n) is 2.30. The van der Waals surface area contributed by atoms with Crippen molar-refractivity contribution >= 4 is 34.2 Å². The number of benzene rings is 1. The number of anilines is 1. The number of hydrogen-bond acceptors (Lipinski definition) is 1. The summed E-state index contributed by atoms with van der Waals surface area (Å²) in [6.45, 7) is 0. The van der Waals surface area contributed by atoms with Crippen LogP contribution in [0.5, 0.6) is 0 Å². The zero-order valence-electron chi connectivity index (χ0n) is 6.43. The number of carbonyl (C=O) groups is 1. The third-order valence-corrected chi connectivity index (χ3v) is 2.03. The summed E-state index contributed by atoms with van der Waals surface area (Å²) in [5.74, 6) is -1.28. The second kappa shape index (κ2) is 4.50. The Balaban J connectivity index is 2.65. The van der Waals surface area contributed by atoms with Crippen LogP contribution in [0.4, 0.5) is 14.5 Å². The summed E-state index contributed by atoms with van der Waals surface area (Å²) in [6.07, 6.45) is -2.97. The SMILES string of the molecule is O=C(Nc1ccc(I)cc1)C(F)F. The summed E-state index contributed by atoms with van der Waals surface area (Å²) in [5, 5.41) is 2.08. The van der Waals surface area contributed by atoms with Crippen molar-refractivity contribution in [3.63, 3.8) is 0 Å². The van der Waals surface area contributed by atoms with Crippen LogP contribution in [0.2, 0.25) is 0 Å². The molecule has 0 spiro atoms. The molecule has 0 heterocycles. The molecule has 0 aliphatic carbocycles. The van der Waals surface area contributed by atoms with E-state index in [-0.39, 0.29) is 0 Å². The van der Waals surface area contributed by atoms with E-state index in [1.807, 2.05) is 0 Å². The summed E-state index contributed by atoms with van der Waals surface area (Å²) >= 11 is 2.08. The van der Waals surface area contributed by atoms with E-state index in [1.165, 1.54) is 0 Å². The molecule has 0 aromatic heterocycles. The van der Waals surface area contributed by atoms with Crippen LogP contribution >= 0.6 is 22.6 Å². The Labute approximate surface area is 87.5 Å². The molecule has 0 atom stereocenters. The highest BCUT2D eigenvalue weighted by Crippen LogP contribution is 2.11. The van der Waals surface area contributed by atoms with Crippen LogP contribution in [0.3, 0.4) is 0 Å². The quantitative estimate of drug-likeness (QED) is 0.835. The zero-order valence-corrected chi connectivity index (χ0v) is 8.59. The highest BCUT2D eigenvalue weighted by atomic mass is 127. The molecule has 0 unspecified atom stereocenters. The molecule has 0 aliphatic rings. The molecule has 0 aliphatic heterocycles. The molecule has 0 bridgehead atoms. The Morgan fingerprint density at radius 1 is 1.31 bits per heavy atom. The molecule has 1 aromatic rings. The van der Waals surface area contributed by atoms with Crippen LogP contribution in [-0.2, 0) is 4.79 Å². The molecule has 0 fully saturated rings. The van der Waals surface area contributed by atoms with Gasteiger partial charge in [-0.3, -0.25) is 4.79 Å². The van der Waals surface area contributed by atoms with Crippen molar-refractivity contribution in [1.82, 2.24) is 0 Å². The van der Waals surface area contributed by atoms with E-state index in [0.717, 1.165) is 3.57 Å². The van der Waals surface area contributed by atoms with Gasteiger partial charge in [-0.15, -0.1) is 0 Å². The van der Waals surface area contributed by atoms with E-state index >= 15 is 0 Å². The molecule has 1 N–H and O–H groups in total. The summed E-state index contributed by atoms with van der Waals surface area (Å²) in [6, 6.07) is 6.59. The van der Waals surface area contributed by atoms with Gasteiger partial charge in [0.15, 0.2) is 0 Å². The van der Waals surface area contributed by atoms with Crippen molar-refractivity contribution in [2.75, 3.05) is 5.32 Å². The number of halogens is 3. The molecular weight excluding hydrogens is 291 g/mol. The molecule has 2 nitrogen and oxygen atoms in total. The first kappa shape index (κ1) is 10.4. The van der Waals surface area contributed by atoms with Gasteiger partial charge in [0.25, 0.3) is 5.91 Å². The standard InChI is InChI=1S/C8H6F2INO/c9-7(10)8(13)12-6-3-1-5(11)2-4-6/h1-4,7H,(H,12,13). The van der Waals surface area contributed by atoms with E-state index in [1.54, 1.807) is 24.3 Å². The first-order chi connectivity index (χ1) is 6.09. The first-order valence-electron chi connectivity index (χ1n) is 3.44. The van der Waals surface area contributed by atoms with E-state index < -0.39 is 12.3 Å². The van der Waals surface area contributed by atoms with Crippen molar-refractivity contribution in [2.24, 2.45) is 0 Å². The molecule has 13 heavy (non-hydrogen) atoms. The van der Waals surface area contributed by atoms with Crippen LogP contribution in [0.15, 0.2) is 24.3 Å². The average Bonchev–Trinajstić information content (AvgIpc) is 2.08. The number of hydrogen-bond donors (Lipinski definition) is 1. The Morgan fingerprint density at radius 3 is 2.31 bits per heavy atom. The van der Waals surface area contributed by atoms with Crippen molar-refractivity contribution in [3.05, 3.63) is 27.8 Å². The molecule has 0 saturated heterocycles. The highest BCUT2D eigenvalue weighted by Gasteiger charge is 2.14. The van der Waals surface area contributed by atoms with Gasteiger partial charge in [0.2, 0.25) is 0 Å². The van der Waals surface area contributed by atoms with Gasteiger partial charge in [0, 0.05) is 9.26 Å². The number of rotatable bonds is 2. The van der Waals surface area contributed by atoms with Crippen LogP contribution in [-0.4, -0.2) is 12.3 Å². The Kier molecular flexibility index (Phi) is 3.58. The lowest BCUT2D eigenvalue weighted by Crippen LogP contribution is -2.19. The average molecular weight is 297 g/mol. The normalized spacial score (nSPS) is 10.2. The van der Waals surface area contributed by atoms with Crippen LogP contribution in [0, 0.1) is 3.57 Å². The van der Waals surface area contributed by atoms with Crippen molar-refractivity contribution in [3.8, 4) is 0 Å². The topological polar surface area (TPSA) is 29.1 Å². The van der Waals surface area contributed by atoms with Gasteiger partial charge in [-0.2, -0.15) is 8.78 Å². The summed E-state index contributed by atoms with van der Waals surface area (Å²) in [7, 11) is 0. The molecule has 1 rings (SSSR count). The number of alkyl halides is 2. The second-order valence-corrected chi connectivity index (χ2v) is 3.54. The maximum Gasteiger partial charge on any atom is 0.315 e. The van der Waals surface area contributed by atoms with Crippen molar-refractivity contribution < 1.29 is 13.6 Å². The Morgan fingerprint density at radius 2 is 1.85 bits per heavy atom.